The third-order valence-corrected chi connectivity index (χ3v) is 1.25. The number of hydrogen-bond acceptors (Lipinski definition) is 3. The lowest BCUT2D eigenvalue weighted by atomic mass is 10.2. The van der Waals surface area contributed by atoms with Gasteiger partial charge in [-0.25, -0.2) is 0 Å². The predicted octanol–water partition coefficient (Wildman–Crippen LogP) is 1.05. The molecule has 0 saturated heterocycles. The molecule has 0 spiro atoms. The number of allylic oxidation sites excluding steroid dienone is 1. The molecule has 0 bridgehead atoms. The van der Waals surface area contributed by atoms with Crippen molar-refractivity contribution in [3.63, 3.8) is 0 Å². The van der Waals surface area contributed by atoms with Crippen LogP contribution in [-0.4, -0.2) is 24.3 Å². The molecule has 0 aromatic carbocycles. The zero-order valence-electron chi connectivity index (χ0n) is 8.25. The van der Waals surface area contributed by atoms with E-state index in [1.165, 1.54) is 6.92 Å². The Hall–Kier alpha value is -1.53. The van der Waals surface area contributed by atoms with Gasteiger partial charge in [-0.3, -0.25) is 4.79 Å². The molecule has 0 aliphatic carbocycles. The Balaban J connectivity index is 3.69. The van der Waals surface area contributed by atoms with Crippen LogP contribution in [0.3, 0.4) is 0 Å². The molecule has 0 fully saturated rings. The van der Waals surface area contributed by atoms with Gasteiger partial charge in [-0.15, -0.1) is 0 Å². The second kappa shape index (κ2) is 8.09. The Morgan fingerprint density at radius 3 is 2.93 bits per heavy atom. The molecule has 0 rings (SSSR count). The molecule has 0 aromatic heterocycles. The monoisotopic (exact) mass is 194 g/mol. The van der Waals surface area contributed by atoms with Crippen LogP contribution >= 0.6 is 0 Å². The lowest BCUT2D eigenvalue weighted by Crippen LogP contribution is -1.96. The molecule has 0 aliphatic rings. The lowest BCUT2D eigenvalue weighted by Gasteiger charge is -1.92. The fourth-order valence-corrected chi connectivity index (χ4v) is 0.614. The first kappa shape index (κ1) is 12.5. The van der Waals surface area contributed by atoms with Crippen molar-refractivity contribution in [1.82, 2.24) is 0 Å². The Labute approximate surface area is 84.1 Å². The molecule has 0 aliphatic heterocycles. The molecule has 0 aromatic rings. The van der Waals surface area contributed by atoms with Gasteiger partial charge in [0, 0.05) is 20.0 Å². The minimum absolute atomic E-state index is 0.0602. The number of aliphatic hydroxyl groups excluding tert-OH is 1. The number of carbonyl (C=O) groups is 1. The van der Waals surface area contributed by atoms with Crippen LogP contribution in [-0.2, 0) is 9.53 Å². The number of hydrogen-bond donors (Lipinski definition) is 1. The first-order valence-corrected chi connectivity index (χ1v) is 4.25. The molecule has 3 nitrogen and oxygen atoms in total. The quantitative estimate of drug-likeness (QED) is 0.537. The maximum absolute atomic E-state index is 10.3. The lowest BCUT2D eigenvalue weighted by molar-refractivity contribution is -0.139. The minimum atomic E-state index is -0.313. The number of carbonyl (C=O) groups excluding carboxylic acids is 1. The average Bonchev–Trinajstić information content (AvgIpc) is 2.11. The Morgan fingerprint density at radius 2 is 2.36 bits per heavy atom. The summed E-state index contributed by atoms with van der Waals surface area (Å²) in [6.45, 7) is 5.28. The molecule has 76 valence electrons. The predicted molar refractivity (Wildman–Crippen MR) is 54.4 cm³/mol. The average molecular weight is 194 g/mol. The highest BCUT2D eigenvalue weighted by molar-refractivity contribution is 5.66. The zero-order chi connectivity index (χ0) is 10.8. The second-order valence-corrected chi connectivity index (χ2v) is 2.55. The molecule has 0 atom stereocenters. The third kappa shape index (κ3) is 8.57. The van der Waals surface area contributed by atoms with Gasteiger partial charge >= 0.3 is 5.97 Å². The van der Waals surface area contributed by atoms with E-state index in [1.54, 1.807) is 12.2 Å². The van der Waals surface area contributed by atoms with E-state index in [2.05, 4.69) is 23.2 Å². The second-order valence-electron chi connectivity index (χ2n) is 2.55. The normalized spacial score (nSPS) is 9.29. The minimum Gasteiger partial charge on any atom is -0.462 e. The summed E-state index contributed by atoms with van der Waals surface area (Å²) in [6.07, 6.45) is 3.72. The number of aliphatic hydroxyl groups is 1. The number of rotatable bonds is 4. The standard InChI is InChI=1S/C11H14O3/c1-10(7-8-12)6-4-3-5-9-14-11(2)13/h3,5,12H,1,7-9H2,2H3/b5-3+. The maximum Gasteiger partial charge on any atom is 0.302 e. The summed E-state index contributed by atoms with van der Waals surface area (Å²) in [6, 6.07) is 0. The van der Waals surface area contributed by atoms with E-state index in [0.717, 1.165) is 0 Å². The molecular weight excluding hydrogens is 180 g/mol. The third-order valence-electron chi connectivity index (χ3n) is 1.25. The zero-order valence-corrected chi connectivity index (χ0v) is 8.25. The number of esters is 1. The summed E-state index contributed by atoms with van der Waals surface area (Å²) < 4.78 is 4.64. The molecule has 0 radical (unpaired) electrons. The van der Waals surface area contributed by atoms with Gasteiger partial charge in [0.25, 0.3) is 0 Å². The SMILES string of the molecule is C=C(C#C/C=C/COC(C)=O)CCO. The summed E-state index contributed by atoms with van der Waals surface area (Å²) in [4.78, 5) is 10.3. The highest BCUT2D eigenvalue weighted by atomic mass is 16.5. The fourth-order valence-electron chi connectivity index (χ4n) is 0.614. The molecule has 14 heavy (non-hydrogen) atoms. The van der Waals surface area contributed by atoms with Crippen LogP contribution in [0.4, 0.5) is 0 Å². The van der Waals surface area contributed by atoms with Crippen molar-refractivity contribution in [3.8, 4) is 11.8 Å². The molecule has 0 amide bonds. The Kier molecular flexibility index (Phi) is 7.20. The smallest absolute Gasteiger partial charge is 0.302 e. The van der Waals surface area contributed by atoms with Crippen LogP contribution in [0.5, 0.6) is 0 Å². The van der Waals surface area contributed by atoms with E-state index in [1.807, 2.05) is 0 Å². The summed E-state index contributed by atoms with van der Waals surface area (Å²) >= 11 is 0. The topological polar surface area (TPSA) is 46.5 Å². The van der Waals surface area contributed by atoms with Gasteiger partial charge in [0.1, 0.15) is 6.61 Å². The first-order valence-electron chi connectivity index (χ1n) is 4.25. The molecule has 1 N–H and O–H groups in total. The van der Waals surface area contributed by atoms with Crippen molar-refractivity contribution in [3.05, 3.63) is 24.3 Å². The van der Waals surface area contributed by atoms with E-state index < -0.39 is 0 Å². The van der Waals surface area contributed by atoms with Crippen molar-refractivity contribution < 1.29 is 14.6 Å². The molecule has 0 saturated carbocycles. The summed E-state index contributed by atoms with van der Waals surface area (Å²) in [5.74, 6) is 5.14. The summed E-state index contributed by atoms with van der Waals surface area (Å²) in [5, 5.41) is 8.53. The van der Waals surface area contributed by atoms with Gasteiger partial charge in [-0.2, -0.15) is 0 Å². The number of ether oxygens (including phenoxy) is 1. The highest BCUT2D eigenvalue weighted by Crippen LogP contribution is 1.92. The van der Waals surface area contributed by atoms with Gasteiger partial charge in [0.2, 0.25) is 0 Å². The van der Waals surface area contributed by atoms with Crippen molar-refractivity contribution >= 4 is 5.97 Å². The van der Waals surface area contributed by atoms with Gasteiger partial charge in [0.15, 0.2) is 0 Å². The first-order chi connectivity index (χ1) is 6.66. The molecule has 0 unspecified atom stereocenters. The van der Waals surface area contributed by atoms with Gasteiger partial charge in [-0.1, -0.05) is 18.4 Å². The molecular formula is C11H14O3. The van der Waals surface area contributed by atoms with Crippen LogP contribution < -0.4 is 0 Å². The van der Waals surface area contributed by atoms with Crippen LogP contribution in [0.2, 0.25) is 0 Å². The van der Waals surface area contributed by atoms with E-state index in [9.17, 15) is 4.79 Å². The van der Waals surface area contributed by atoms with Crippen LogP contribution in [0.15, 0.2) is 24.3 Å². The highest BCUT2D eigenvalue weighted by Gasteiger charge is 1.86. The van der Waals surface area contributed by atoms with E-state index in [-0.39, 0.29) is 19.2 Å². The van der Waals surface area contributed by atoms with Gasteiger partial charge < -0.3 is 9.84 Å². The molecule has 3 heteroatoms. The van der Waals surface area contributed by atoms with E-state index in [0.29, 0.717) is 12.0 Å². The summed E-state index contributed by atoms with van der Waals surface area (Å²) in [5.41, 5.74) is 0.685. The van der Waals surface area contributed by atoms with Crippen molar-refractivity contribution in [1.29, 1.82) is 0 Å². The Morgan fingerprint density at radius 1 is 1.64 bits per heavy atom. The maximum atomic E-state index is 10.3. The van der Waals surface area contributed by atoms with E-state index >= 15 is 0 Å². The molecule has 0 heterocycles. The van der Waals surface area contributed by atoms with E-state index in [4.69, 9.17) is 5.11 Å². The summed E-state index contributed by atoms with van der Waals surface area (Å²) in [7, 11) is 0. The van der Waals surface area contributed by atoms with Gasteiger partial charge in [0.05, 0.1) is 0 Å². The van der Waals surface area contributed by atoms with Crippen LogP contribution in [0, 0.1) is 11.8 Å². The van der Waals surface area contributed by atoms with Crippen molar-refractivity contribution in [2.75, 3.05) is 13.2 Å². The van der Waals surface area contributed by atoms with Crippen LogP contribution in [0.25, 0.3) is 0 Å². The fraction of sp³-hybridized carbons (Fsp3) is 0.364. The van der Waals surface area contributed by atoms with Gasteiger partial charge in [-0.05, 0) is 17.7 Å². The Bertz CT molecular complexity index is 279. The van der Waals surface area contributed by atoms with Crippen LogP contribution in [0.1, 0.15) is 13.3 Å². The van der Waals surface area contributed by atoms with Crippen molar-refractivity contribution in [2.45, 2.75) is 13.3 Å². The van der Waals surface area contributed by atoms with Crippen molar-refractivity contribution in [2.24, 2.45) is 0 Å². The largest absolute Gasteiger partial charge is 0.462 e.